The molecule has 184 valence electrons. The van der Waals surface area contributed by atoms with E-state index >= 15 is 0 Å². The second-order valence-corrected chi connectivity index (χ2v) is 11.8. The Morgan fingerprint density at radius 3 is 2.37 bits per heavy atom. The first kappa shape index (κ1) is 25.7. The molecule has 0 fully saturated rings. The van der Waals surface area contributed by atoms with Gasteiger partial charge in [-0.05, 0) is 85.9 Å². The molecule has 12 heteroatoms. The van der Waals surface area contributed by atoms with Gasteiger partial charge in [-0.15, -0.1) is 11.3 Å². The minimum atomic E-state index is -3.83. The maximum atomic E-state index is 12.7. The van der Waals surface area contributed by atoms with E-state index in [0.29, 0.717) is 27.0 Å². The van der Waals surface area contributed by atoms with Crippen LogP contribution in [0, 0.1) is 0 Å². The third-order valence-corrected chi connectivity index (χ3v) is 8.93. The first-order valence-corrected chi connectivity index (χ1v) is 14.0. The number of fused-ring (bicyclic) bond motifs is 1. The molecule has 0 radical (unpaired) electrons. The Balaban J connectivity index is 1.45. The van der Waals surface area contributed by atoms with Crippen LogP contribution in [0.2, 0.25) is 10.0 Å². The molecule has 0 spiro atoms. The summed E-state index contributed by atoms with van der Waals surface area (Å²) in [6.07, 6.45) is 3.89. The number of halogens is 2. The molecule has 0 atom stereocenters. The highest BCUT2D eigenvalue weighted by atomic mass is 35.5. The van der Waals surface area contributed by atoms with Gasteiger partial charge in [-0.1, -0.05) is 23.2 Å². The van der Waals surface area contributed by atoms with Crippen molar-refractivity contribution in [1.82, 2.24) is 0 Å². The van der Waals surface area contributed by atoms with E-state index in [-0.39, 0.29) is 15.0 Å². The molecule has 3 N–H and O–H groups in total. The van der Waals surface area contributed by atoms with Crippen molar-refractivity contribution in [2.75, 3.05) is 22.5 Å². The lowest BCUT2D eigenvalue weighted by atomic mass is 9.95. The molecule has 1 aromatic heterocycles. The summed E-state index contributed by atoms with van der Waals surface area (Å²) in [5, 5.41) is 7.62. The SMILES string of the molecule is COC(=O)c1c(NC(=S)Nc2ccc(S(=O)(=O)Nc3ccc(Cl)c(Cl)c3)cc2)sc2c1CCCC2. The van der Waals surface area contributed by atoms with Crippen LogP contribution in [-0.4, -0.2) is 26.6 Å². The summed E-state index contributed by atoms with van der Waals surface area (Å²) < 4.78 is 32.9. The van der Waals surface area contributed by atoms with Crippen molar-refractivity contribution >= 4 is 84.2 Å². The molecule has 0 saturated carbocycles. The number of hydrogen-bond donors (Lipinski definition) is 3. The third-order valence-electron chi connectivity index (χ3n) is 5.38. The number of aryl methyl sites for hydroxylation is 1. The van der Waals surface area contributed by atoms with E-state index in [1.54, 1.807) is 12.1 Å². The minimum Gasteiger partial charge on any atom is -0.465 e. The summed E-state index contributed by atoms with van der Waals surface area (Å²) >= 11 is 18.8. The first-order chi connectivity index (χ1) is 16.7. The van der Waals surface area contributed by atoms with Gasteiger partial charge in [-0.3, -0.25) is 4.72 Å². The lowest BCUT2D eigenvalue weighted by Crippen LogP contribution is -2.20. The Labute approximate surface area is 222 Å². The van der Waals surface area contributed by atoms with Gasteiger partial charge in [0.15, 0.2) is 5.11 Å². The van der Waals surface area contributed by atoms with Gasteiger partial charge >= 0.3 is 5.97 Å². The molecule has 7 nitrogen and oxygen atoms in total. The van der Waals surface area contributed by atoms with E-state index in [0.717, 1.165) is 31.2 Å². The smallest absolute Gasteiger partial charge is 0.341 e. The molecule has 0 saturated heterocycles. The van der Waals surface area contributed by atoms with Crippen LogP contribution in [0.1, 0.15) is 33.6 Å². The van der Waals surface area contributed by atoms with Crippen LogP contribution in [0.4, 0.5) is 16.4 Å². The fourth-order valence-electron chi connectivity index (χ4n) is 3.73. The van der Waals surface area contributed by atoms with Crippen LogP contribution in [0.25, 0.3) is 0 Å². The van der Waals surface area contributed by atoms with Crippen molar-refractivity contribution in [3.05, 3.63) is 68.5 Å². The summed E-state index contributed by atoms with van der Waals surface area (Å²) in [6, 6.07) is 10.6. The van der Waals surface area contributed by atoms with E-state index in [9.17, 15) is 13.2 Å². The van der Waals surface area contributed by atoms with Crippen LogP contribution in [0.3, 0.4) is 0 Å². The number of thiophene rings is 1. The second-order valence-electron chi connectivity index (χ2n) is 7.74. The van der Waals surface area contributed by atoms with Gasteiger partial charge in [0.2, 0.25) is 0 Å². The van der Waals surface area contributed by atoms with E-state index in [1.807, 2.05) is 0 Å². The zero-order valence-corrected chi connectivity index (χ0v) is 22.4. The van der Waals surface area contributed by atoms with Crippen LogP contribution in [-0.2, 0) is 27.6 Å². The number of anilines is 3. The zero-order valence-electron chi connectivity index (χ0n) is 18.5. The molecule has 4 rings (SSSR count). The van der Waals surface area contributed by atoms with E-state index in [4.69, 9.17) is 40.2 Å². The topological polar surface area (TPSA) is 96.5 Å². The minimum absolute atomic E-state index is 0.0620. The monoisotopic (exact) mass is 569 g/mol. The van der Waals surface area contributed by atoms with Gasteiger partial charge in [0.1, 0.15) is 5.00 Å². The van der Waals surface area contributed by atoms with Crippen LogP contribution < -0.4 is 15.4 Å². The molecule has 35 heavy (non-hydrogen) atoms. The number of benzene rings is 2. The molecule has 0 unspecified atom stereocenters. The predicted octanol–water partition coefficient (Wildman–Crippen LogP) is 6.33. The number of hydrogen-bond acceptors (Lipinski definition) is 6. The van der Waals surface area contributed by atoms with Crippen LogP contribution in [0.15, 0.2) is 47.4 Å². The van der Waals surface area contributed by atoms with Crippen molar-refractivity contribution in [2.45, 2.75) is 30.6 Å². The molecule has 0 aliphatic heterocycles. The molecule has 1 aliphatic rings. The Kier molecular flexibility index (Phi) is 7.87. The lowest BCUT2D eigenvalue weighted by Gasteiger charge is -2.13. The van der Waals surface area contributed by atoms with Gasteiger partial charge in [-0.2, -0.15) is 0 Å². The summed E-state index contributed by atoms with van der Waals surface area (Å²) in [5.74, 6) is -0.390. The number of methoxy groups -OCH3 is 1. The molecular weight excluding hydrogens is 549 g/mol. The average Bonchev–Trinajstić information content (AvgIpc) is 3.18. The van der Waals surface area contributed by atoms with E-state index in [2.05, 4.69) is 15.4 Å². The number of rotatable bonds is 6. The summed E-state index contributed by atoms with van der Waals surface area (Å²) in [5.41, 5.74) is 2.44. The predicted molar refractivity (Wildman–Crippen MR) is 146 cm³/mol. The maximum Gasteiger partial charge on any atom is 0.341 e. The molecule has 0 amide bonds. The zero-order chi connectivity index (χ0) is 25.2. The number of carbonyl (C=O) groups is 1. The van der Waals surface area contributed by atoms with Crippen LogP contribution in [0.5, 0.6) is 0 Å². The number of sulfonamides is 1. The van der Waals surface area contributed by atoms with Crippen molar-refractivity contribution < 1.29 is 17.9 Å². The van der Waals surface area contributed by atoms with Crippen molar-refractivity contribution in [3.8, 4) is 0 Å². The summed E-state index contributed by atoms with van der Waals surface area (Å²) in [4.78, 5) is 13.6. The molecule has 0 bridgehead atoms. The number of nitrogens with one attached hydrogen (secondary N) is 3. The van der Waals surface area contributed by atoms with Gasteiger partial charge in [-0.25, -0.2) is 13.2 Å². The average molecular weight is 571 g/mol. The molecule has 2 aromatic carbocycles. The number of carbonyl (C=O) groups excluding carboxylic acids is 1. The van der Waals surface area contributed by atoms with Gasteiger partial charge in [0, 0.05) is 10.6 Å². The first-order valence-electron chi connectivity index (χ1n) is 10.6. The number of ether oxygens (including phenoxy) is 1. The van der Waals surface area contributed by atoms with E-state index in [1.165, 1.54) is 53.7 Å². The van der Waals surface area contributed by atoms with Crippen molar-refractivity contribution in [1.29, 1.82) is 0 Å². The summed E-state index contributed by atoms with van der Waals surface area (Å²) in [7, 11) is -2.47. The van der Waals surface area contributed by atoms with Crippen molar-refractivity contribution in [3.63, 3.8) is 0 Å². The second kappa shape index (κ2) is 10.7. The lowest BCUT2D eigenvalue weighted by molar-refractivity contribution is 0.0601. The van der Waals surface area contributed by atoms with Crippen molar-refractivity contribution in [2.24, 2.45) is 0 Å². The van der Waals surface area contributed by atoms with Gasteiger partial charge in [0.05, 0.1) is 33.3 Å². The Hall–Kier alpha value is -2.37. The highest BCUT2D eigenvalue weighted by Crippen LogP contribution is 2.38. The fourth-order valence-corrected chi connectivity index (χ4v) is 6.64. The van der Waals surface area contributed by atoms with E-state index < -0.39 is 16.0 Å². The van der Waals surface area contributed by atoms with Crippen LogP contribution >= 0.6 is 46.8 Å². The molecule has 3 aromatic rings. The molecular formula is C23H21Cl2N3O4S3. The van der Waals surface area contributed by atoms with Gasteiger partial charge in [0.25, 0.3) is 10.0 Å². The largest absolute Gasteiger partial charge is 0.465 e. The Morgan fingerprint density at radius 1 is 1.00 bits per heavy atom. The standard InChI is InChI=1S/C23H21Cl2N3O4S3/c1-32-22(29)20-16-4-2-3-5-19(16)34-21(20)27-23(33)26-13-6-9-15(10-7-13)35(30,31)28-14-8-11-17(24)18(25)12-14/h6-12,28H,2-5H2,1H3,(H2,26,27,33). The number of thiocarbonyl (C=S) groups is 1. The maximum absolute atomic E-state index is 12.7. The Bertz CT molecular complexity index is 1390. The highest BCUT2D eigenvalue weighted by molar-refractivity contribution is 7.92. The summed E-state index contributed by atoms with van der Waals surface area (Å²) in [6.45, 7) is 0. The third kappa shape index (κ3) is 5.90. The molecule has 1 heterocycles. The Morgan fingerprint density at radius 2 is 1.69 bits per heavy atom. The fraction of sp³-hybridized carbons (Fsp3) is 0.217. The normalized spacial score (nSPS) is 13.0. The quantitative estimate of drug-likeness (QED) is 0.235. The van der Waals surface area contributed by atoms with Gasteiger partial charge < -0.3 is 15.4 Å². The highest BCUT2D eigenvalue weighted by Gasteiger charge is 2.26. The number of esters is 1. The molecule has 1 aliphatic carbocycles.